The summed E-state index contributed by atoms with van der Waals surface area (Å²) in [6.07, 6.45) is 0. The second-order valence-electron chi connectivity index (χ2n) is 4.13. The van der Waals surface area contributed by atoms with E-state index in [4.69, 9.17) is 10.5 Å². The number of tetrazole rings is 1. The van der Waals surface area contributed by atoms with E-state index in [1.807, 2.05) is 24.3 Å². The van der Waals surface area contributed by atoms with Gasteiger partial charge < -0.3 is 10.5 Å². The molecule has 0 bridgehead atoms. The molecule has 2 N–H and O–H groups in total. The number of rotatable bonds is 6. The molecule has 20 heavy (non-hydrogen) atoms. The third kappa shape index (κ3) is 3.47. The minimum Gasteiger partial charge on any atom is -0.497 e. The number of hydrogen-bond acceptors (Lipinski definition) is 6. The Labute approximate surface area is 120 Å². The molecule has 2 rings (SSSR count). The number of ether oxygens (including phenoxy) is 1. The zero-order chi connectivity index (χ0) is 14.5. The maximum absolute atomic E-state index is 11.1. The van der Waals surface area contributed by atoms with Crippen LogP contribution in [0.2, 0.25) is 0 Å². The van der Waals surface area contributed by atoms with E-state index in [-0.39, 0.29) is 5.25 Å². The minimum atomic E-state index is -0.394. The topological polar surface area (TPSA) is 95.9 Å². The molecule has 0 fully saturated rings. The SMILES string of the molecule is COc1ccc(Cn2nnnc2SC(C)C(N)=O)cc1. The molecule has 106 valence electrons. The van der Waals surface area contributed by atoms with Gasteiger partial charge in [-0.25, -0.2) is 4.68 Å². The van der Waals surface area contributed by atoms with Crippen LogP contribution in [0.4, 0.5) is 0 Å². The van der Waals surface area contributed by atoms with Gasteiger partial charge in [0.15, 0.2) is 0 Å². The quantitative estimate of drug-likeness (QED) is 0.787. The first kappa shape index (κ1) is 14.3. The average molecular weight is 293 g/mol. The third-order valence-electron chi connectivity index (χ3n) is 2.67. The molecule has 1 heterocycles. The molecule has 0 aliphatic rings. The van der Waals surface area contributed by atoms with E-state index in [0.29, 0.717) is 11.7 Å². The minimum absolute atomic E-state index is 0.379. The zero-order valence-electron chi connectivity index (χ0n) is 11.2. The fourth-order valence-corrected chi connectivity index (χ4v) is 2.24. The number of carbonyl (C=O) groups is 1. The average Bonchev–Trinajstić information content (AvgIpc) is 2.86. The van der Waals surface area contributed by atoms with Gasteiger partial charge in [0.1, 0.15) is 5.75 Å². The van der Waals surface area contributed by atoms with E-state index >= 15 is 0 Å². The number of benzene rings is 1. The van der Waals surface area contributed by atoms with Crippen molar-refractivity contribution in [3.05, 3.63) is 29.8 Å². The van der Waals surface area contributed by atoms with Gasteiger partial charge in [-0.1, -0.05) is 23.9 Å². The second-order valence-corrected chi connectivity index (χ2v) is 5.44. The van der Waals surface area contributed by atoms with Crippen molar-refractivity contribution in [2.75, 3.05) is 7.11 Å². The Morgan fingerprint density at radius 2 is 2.15 bits per heavy atom. The van der Waals surface area contributed by atoms with Gasteiger partial charge in [0.2, 0.25) is 11.1 Å². The lowest BCUT2D eigenvalue weighted by atomic mass is 10.2. The summed E-state index contributed by atoms with van der Waals surface area (Å²) < 4.78 is 6.74. The first-order valence-corrected chi connectivity index (χ1v) is 6.83. The van der Waals surface area contributed by atoms with Crippen LogP contribution in [-0.2, 0) is 11.3 Å². The summed E-state index contributed by atoms with van der Waals surface area (Å²) >= 11 is 1.24. The molecular formula is C12H15N5O2S. The van der Waals surface area contributed by atoms with Crippen LogP contribution in [0.5, 0.6) is 5.75 Å². The normalized spacial score (nSPS) is 12.1. The highest BCUT2D eigenvalue weighted by atomic mass is 32.2. The molecule has 0 saturated carbocycles. The molecule has 0 saturated heterocycles. The van der Waals surface area contributed by atoms with Crippen LogP contribution in [0.1, 0.15) is 12.5 Å². The van der Waals surface area contributed by atoms with Crippen LogP contribution in [0.15, 0.2) is 29.4 Å². The van der Waals surface area contributed by atoms with Crippen molar-refractivity contribution in [3.63, 3.8) is 0 Å². The standard InChI is InChI=1S/C12H15N5O2S/c1-8(11(13)18)20-12-14-15-16-17(12)7-9-3-5-10(19-2)6-4-9/h3-6,8H,7H2,1-2H3,(H2,13,18). The summed E-state index contributed by atoms with van der Waals surface area (Å²) in [6.45, 7) is 2.24. The summed E-state index contributed by atoms with van der Waals surface area (Å²) in [7, 11) is 1.62. The number of thioether (sulfide) groups is 1. The Morgan fingerprint density at radius 3 is 2.75 bits per heavy atom. The largest absolute Gasteiger partial charge is 0.497 e. The van der Waals surface area contributed by atoms with Crippen molar-refractivity contribution < 1.29 is 9.53 Å². The highest BCUT2D eigenvalue weighted by Crippen LogP contribution is 2.20. The summed E-state index contributed by atoms with van der Waals surface area (Å²) in [6, 6.07) is 7.62. The molecule has 0 spiro atoms. The molecule has 0 aliphatic heterocycles. The van der Waals surface area contributed by atoms with E-state index in [2.05, 4.69) is 15.5 Å². The molecule has 1 aromatic heterocycles. The monoisotopic (exact) mass is 293 g/mol. The fraction of sp³-hybridized carbons (Fsp3) is 0.333. The Bertz CT molecular complexity index is 584. The summed E-state index contributed by atoms with van der Waals surface area (Å²) in [5.41, 5.74) is 6.27. The molecule has 0 aliphatic carbocycles. The summed E-state index contributed by atoms with van der Waals surface area (Å²) in [5, 5.41) is 11.6. The number of amides is 1. The van der Waals surface area contributed by atoms with Crippen molar-refractivity contribution in [1.29, 1.82) is 0 Å². The zero-order valence-corrected chi connectivity index (χ0v) is 12.0. The van der Waals surface area contributed by atoms with Gasteiger partial charge in [0.05, 0.1) is 18.9 Å². The number of aromatic nitrogens is 4. The molecule has 1 unspecified atom stereocenters. The van der Waals surface area contributed by atoms with Gasteiger partial charge in [-0.3, -0.25) is 4.79 Å². The van der Waals surface area contributed by atoms with Crippen molar-refractivity contribution in [2.45, 2.75) is 23.9 Å². The number of carbonyl (C=O) groups excluding carboxylic acids is 1. The van der Waals surface area contributed by atoms with E-state index < -0.39 is 5.91 Å². The second kappa shape index (κ2) is 6.38. The Morgan fingerprint density at radius 1 is 1.45 bits per heavy atom. The molecule has 1 atom stereocenters. The van der Waals surface area contributed by atoms with Gasteiger partial charge >= 0.3 is 0 Å². The first-order chi connectivity index (χ1) is 9.60. The molecular weight excluding hydrogens is 278 g/mol. The highest BCUT2D eigenvalue weighted by molar-refractivity contribution is 8.00. The van der Waals surface area contributed by atoms with E-state index in [1.54, 1.807) is 18.7 Å². The molecule has 8 heteroatoms. The predicted octanol–water partition coefficient (Wildman–Crippen LogP) is 0.696. The first-order valence-electron chi connectivity index (χ1n) is 5.95. The van der Waals surface area contributed by atoms with Gasteiger partial charge in [-0.05, 0) is 35.0 Å². The lowest BCUT2D eigenvalue weighted by molar-refractivity contribution is -0.117. The van der Waals surface area contributed by atoms with Gasteiger partial charge in [0, 0.05) is 0 Å². The van der Waals surface area contributed by atoms with Gasteiger partial charge in [-0.2, -0.15) is 0 Å². The molecule has 7 nitrogen and oxygen atoms in total. The van der Waals surface area contributed by atoms with Crippen LogP contribution >= 0.6 is 11.8 Å². The smallest absolute Gasteiger partial charge is 0.230 e. The summed E-state index contributed by atoms with van der Waals surface area (Å²) in [5.74, 6) is 0.399. The number of methoxy groups -OCH3 is 1. The van der Waals surface area contributed by atoms with E-state index in [0.717, 1.165) is 11.3 Å². The molecule has 1 aromatic carbocycles. The Hall–Kier alpha value is -2.09. The van der Waals surface area contributed by atoms with Crippen LogP contribution in [0.25, 0.3) is 0 Å². The number of nitrogens with zero attached hydrogens (tertiary/aromatic N) is 4. The van der Waals surface area contributed by atoms with Crippen LogP contribution < -0.4 is 10.5 Å². The van der Waals surface area contributed by atoms with Crippen LogP contribution in [0.3, 0.4) is 0 Å². The predicted molar refractivity (Wildman–Crippen MR) is 74.4 cm³/mol. The molecule has 1 amide bonds. The maximum atomic E-state index is 11.1. The fourth-order valence-electron chi connectivity index (χ4n) is 1.50. The number of nitrogens with two attached hydrogens (primary N) is 1. The number of primary amides is 1. The van der Waals surface area contributed by atoms with Crippen molar-refractivity contribution in [2.24, 2.45) is 5.73 Å². The van der Waals surface area contributed by atoms with Crippen LogP contribution in [0, 0.1) is 0 Å². The van der Waals surface area contributed by atoms with Crippen LogP contribution in [-0.4, -0.2) is 38.5 Å². The lowest BCUT2D eigenvalue weighted by Gasteiger charge is -2.08. The summed E-state index contributed by atoms with van der Waals surface area (Å²) in [4.78, 5) is 11.1. The Kier molecular flexibility index (Phi) is 4.57. The van der Waals surface area contributed by atoms with Gasteiger partial charge in [-0.15, -0.1) is 5.10 Å². The molecule has 0 radical (unpaired) electrons. The maximum Gasteiger partial charge on any atom is 0.230 e. The van der Waals surface area contributed by atoms with Crippen molar-refractivity contribution in [1.82, 2.24) is 20.2 Å². The van der Waals surface area contributed by atoms with Crippen molar-refractivity contribution in [3.8, 4) is 5.75 Å². The van der Waals surface area contributed by atoms with Gasteiger partial charge in [0.25, 0.3) is 0 Å². The van der Waals surface area contributed by atoms with E-state index in [1.165, 1.54) is 11.8 Å². The third-order valence-corrected chi connectivity index (χ3v) is 3.76. The Balaban J connectivity index is 2.09. The number of hydrogen-bond donors (Lipinski definition) is 1. The van der Waals surface area contributed by atoms with Crippen molar-refractivity contribution >= 4 is 17.7 Å². The van der Waals surface area contributed by atoms with E-state index in [9.17, 15) is 4.79 Å². The highest BCUT2D eigenvalue weighted by Gasteiger charge is 2.16. The lowest BCUT2D eigenvalue weighted by Crippen LogP contribution is -2.23. The molecule has 2 aromatic rings.